The first-order valence-corrected chi connectivity index (χ1v) is 9.96. The SMILES string of the molecule is N#Cc1nc(/C=C/c2ccccc2)oc1N1CCN(C(=O)c2ccccc2Cl)CC1. The van der Waals surface area contributed by atoms with Crippen LogP contribution in [0.15, 0.2) is 59.0 Å². The molecule has 2 heterocycles. The van der Waals surface area contributed by atoms with Crippen molar-refractivity contribution >= 4 is 35.5 Å². The molecule has 1 aromatic heterocycles. The summed E-state index contributed by atoms with van der Waals surface area (Å²) < 4.78 is 5.85. The van der Waals surface area contributed by atoms with Crippen molar-refractivity contribution in [3.63, 3.8) is 0 Å². The topological polar surface area (TPSA) is 73.4 Å². The molecule has 0 N–H and O–H groups in total. The van der Waals surface area contributed by atoms with Gasteiger partial charge < -0.3 is 14.2 Å². The minimum absolute atomic E-state index is 0.0928. The Morgan fingerprint density at radius 2 is 1.73 bits per heavy atom. The van der Waals surface area contributed by atoms with Crippen LogP contribution in [0.1, 0.15) is 27.5 Å². The molecular formula is C23H19ClN4O2. The number of hydrogen-bond donors (Lipinski definition) is 0. The summed E-state index contributed by atoms with van der Waals surface area (Å²) in [5.41, 5.74) is 1.76. The van der Waals surface area contributed by atoms with Crippen molar-refractivity contribution in [1.82, 2.24) is 9.88 Å². The first kappa shape index (κ1) is 19.7. The highest BCUT2D eigenvalue weighted by Gasteiger charge is 2.27. The summed E-state index contributed by atoms with van der Waals surface area (Å²) in [6.45, 7) is 2.10. The van der Waals surface area contributed by atoms with Gasteiger partial charge in [0.2, 0.25) is 17.5 Å². The van der Waals surface area contributed by atoms with Crippen LogP contribution in [0.3, 0.4) is 0 Å². The van der Waals surface area contributed by atoms with Gasteiger partial charge in [0, 0.05) is 32.3 Å². The fraction of sp³-hybridized carbons (Fsp3) is 0.174. The highest BCUT2D eigenvalue weighted by Crippen LogP contribution is 2.25. The fourth-order valence-corrected chi connectivity index (χ4v) is 3.55. The maximum absolute atomic E-state index is 12.7. The third kappa shape index (κ3) is 4.22. The van der Waals surface area contributed by atoms with Gasteiger partial charge >= 0.3 is 0 Å². The molecule has 3 aromatic rings. The van der Waals surface area contributed by atoms with Crippen LogP contribution in [0, 0.1) is 11.3 Å². The lowest BCUT2D eigenvalue weighted by atomic mass is 10.2. The standard InChI is InChI=1S/C23H19ClN4O2/c24-19-9-5-4-8-18(19)22(29)27-12-14-28(15-13-27)23-20(16-25)26-21(30-23)11-10-17-6-2-1-3-7-17/h1-11H,12-15H2/b11-10+. The zero-order valence-corrected chi connectivity index (χ0v) is 16.9. The van der Waals surface area contributed by atoms with E-state index in [1.165, 1.54) is 0 Å². The third-order valence-electron chi connectivity index (χ3n) is 4.91. The molecule has 30 heavy (non-hydrogen) atoms. The van der Waals surface area contributed by atoms with E-state index in [0.717, 1.165) is 5.56 Å². The molecule has 0 unspecified atom stereocenters. The molecule has 1 aliphatic heterocycles. The van der Waals surface area contributed by atoms with Crippen molar-refractivity contribution in [2.24, 2.45) is 0 Å². The molecule has 1 aliphatic rings. The van der Waals surface area contributed by atoms with Crippen LogP contribution in [-0.2, 0) is 0 Å². The zero-order chi connectivity index (χ0) is 20.9. The number of hydrogen-bond acceptors (Lipinski definition) is 5. The Morgan fingerprint density at radius 1 is 1.03 bits per heavy atom. The Kier molecular flexibility index (Phi) is 5.82. The van der Waals surface area contributed by atoms with Crippen molar-refractivity contribution in [3.8, 4) is 6.07 Å². The Morgan fingerprint density at radius 3 is 2.43 bits per heavy atom. The largest absolute Gasteiger partial charge is 0.420 e. The van der Waals surface area contributed by atoms with Crippen LogP contribution in [0.5, 0.6) is 0 Å². The van der Waals surface area contributed by atoms with Crippen LogP contribution in [0.2, 0.25) is 5.02 Å². The Bertz CT molecular complexity index is 1110. The predicted octanol–water partition coefficient (Wildman–Crippen LogP) is 4.33. The van der Waals surface area contributed by atoms with E-state index in [9.17, 15) is 10.1 Å². The molecule has 150 valence electrons. The summed E-state index contributed by atoms with van der Waals surface area (Å²) in [6, 6.07) is 18.9. The lowest BCUT2D eigenvalue weighted by Gasteiger charge is -2.34. The lowest BCUT2D eigenvalue weighted by Crippen LogP contribution is -2.49. The number of oxazole rings is 1. The number of nitrogens with zero attached hydrogens (tertiary/aromatic N) is 4. The maximum atomic E-state index is 12.7. The second-order valence-electron chi connectivity index (χ2n) is 6.82. The number of rotatable bonds is 4. The monoisotopic (exact) mass is 418 g/mol. The highest BCUT2D eigenvalue weighted by molar-refractivity contribution is 6.33. The molecule has 6 nitrogen and oxygen atoms in total. The molecular weight excluding hydrogens is 400 g/mol. The van der Waals surface area contributed by atoms with Gasteiger partial charge in [-0.2, -0.15) is 10.2 Å². The van der Waals surface area contributed by atoms with Gasteiger partial charge in [0.05, 0.1) is 10.6 Å². The first-order valence-electron chi connectivity index (χ1n) is 9.58. The number of carbonyl (C=O) groups excluding carboxylic acids is 1. The minimum Gasteiger partial charge on any atom is -0.420 e. The molecule has 0 saturated carbocycles. The van der Waals surface area contributed by atoms with Gasteiger partial charge in [-0.3, -0.25) is 4.79 Å². The molecule has 0 aliphatic carbocycles. The molecule has 2 aromatic carbocycles. The van der Waals surface area contributed by atoms with E-state index in [1.807, 2.05) is 41.3 Å². The summed E-state index contributed by atoms with van der Waals surface area (Å²) in [4.78, 5) is 20.7. The van der Waals surface area contributed by atoms with E-state index in [0.29, 0.717) is 48.5 Å². The molecule has 7 heteroatoms. The molecule has 4 rings (SSSR count). The zero-order valence-electron chi connectivity index (χ0n) is 16.2. The van der Waals surface area contributed by atoms with Crippen molar-refractivity contribution in [2.45, 2.75) is 0 Å². The van der Waals surface area contributed by atoms with Gasteiger partial charge in [-0.15, -0.1) is 0 Å². The van der Waals surface area contributed by atoms with Crippen LogP contribution >= 0.6 is 11.6 Å². The number of amides is 1. The Labute approximate surface area is 179 Å². The van der Waals surface area contributed by atoms with E-state index in [1.54, 1.807) is 35.2 Å². The highest BCUT2D eigenvalue weighted by atomic mass is 35.5. The van der Waals surface area contributed by atoms with E-state index in [-0.39, 0.29) is 11.6 Å². The van der Waals surface area contributed by atoms with Gasteiger partial charge in [0.1, 0.15) is 6.07 Å². The number of carbonyl (C=O) groups is 1. The number of anilines is 1. The van der Waals surface area contributed by atoms with Crippen LogP contribution in [0.4, 0.5) is 5.88 Å². The van der Waals surface area contributed by atoms with Crippen molar-refractivity contribution in [2.75, 3.05) is 31.1 Å². The molecule has 1 amide bonds. The quantitative estimate of drug-likeness (QED) is 0.630. The predicted molar refractivity (Wildman–Crippen MR) is 116 cm³/mol. The summed E-state index contributed by atoms with van der Waals surface area (Å²) in [5.74, 6) is 0.722. The Balaban J connectivity index is 1.45. The summed E-state index contributed by atoms with van der Waals surface area (Å²) in [6.07, 6.45) is 3.63. The number of piperazine rings is 1. The number of nitriles is 1. The van der Waals surface area contributed by atoms with Crippen LogP contribution in [-0.4, -0.2) is 42.0 Å². The second-order valence-corrected chi connectivity index (χ2v) is 7.23. The van der Waals surface area contributed by atoms with E-state index >= 15 is 0 Å². The number of benzene rings is 2. The van der Waals surface area contributed by atoms with Gasteiger partial charge in [0.25, 0.3) is 5.91 Å². The number of aromatic nitrogens is 1. The van der Waals surface area contributed by atoms with Gasteiger partial charge in [-0.05, 0) is 23.8 Å². The van der Waals surface area contributed by atoms with Gasteiger partial charge in [-0.25, -0.2) is 0 Å². The van der Waals surface area contributed by atoms with Crippen molar-refractivity contribution in [3.05, 3.63) is 82.3 Å². The molecule has 0 bridgehead atoms. The smallest absolute Gasteiger partial charge is 0.255 e. The minimum atomic E-state index is -0.0928. The normalized spacial score (nSPS) is 14.1. The molecule has 0 radical (unpaired) electrons. The average Bonchev–Trinajstić information content (AvgIpc) is 3.22. The Hall–Kier alpha value is -3.56. The first-order chi connectivity index (χ1) is 14.7. The second kappa shape index (κ2) is 8.85. The molecule has 1 saturated heterocycles. The lowest BCUT2D eigenvalue weighted by molar-refractivity contribution is 0.0745. The summed E-state index contributed by atoms with van der Waals surface area (Å²) in [5, 5.41) is 9.91. The average molecular weight is 419 g/mol. The summed E-state index contributed by atoms with van der Waals surface area (Å²) >= 11 is 6.16. The van der Waals surface area contributed by atoms with E-state index in [2.05, 4.69) is 11.1 Å². The molecule has 0 spiro atoms. The van der Waals surface area contributed by atoms with Gasteiger partial charge in [0.15, 0.2) is 0 Å². The fourth-order valence-electron chi connectivity index (χ4n) is 3.34. The third-order valence-corrected chi connectivity index (χ3v) is 5.24. The molecule has 1 fully saturated rings. The molecule has 0 atom stereocenters. The van der Waals surface area contributed by atoms with Crippen LogP contribution in [0.25, 0.3) is 12.2 Å². The number of halogens is 1. The van der Waals surface area contributed by atoms with E-state index in [4.69, 9.17) is 16.0 Å². The van der Waals surface area contributed by atoms with E-state index < -0.39 is 0 Å². The van der Waals surface area contributed by atoms with Crippen molar-refractivity contribution in [1.29, 1.82) is 5.26 Å². The summed E-state index contributed by atoms with van der Waals surface area (Å²) in [7, 11) is 0. The van der Waals surface area contributed by atoms with Crippen molar-refractivity contribution < 1.29 is 9.21 Å². The van der Waals surface area contributed by atoms with Gasteiger partial charge in [-0.1, -0.05) is 54.1 Å². The van der Waals surface area contributed by atoms with Crippen LogP contribution < -0.4 is 4.90 Å². The maximum Gasteiger partial charge on any atom is 0.255 e.